The van der Waals surface area contributed by atoms with Gasteiger partial charge in [0.05, 0.1) is 27.9 Å². The van der Waals surface area contributed by atoms with Gasteiger partial charge in [0, 0.05) is 7.05 Å². The number of nitrogens with one attached hydrogen (secondary N) is 2. The van der Waals surface area contributed by atoms with Crippen LogP contribution in [0.1, 0.15) is 37.3 Å². The van der Waals surface area contributed by atoms with E-state index in [1.165, 1.54) is 6.07 Å². The molecule has 0 heterocycles. The van der Waals surface area contributed by atoms with E-state index in [1.807, 2.05) is 18.2 Å². The smallest absolute Gasteiger partial charge is 0.261 e. The van der Waals surface area contributed by atoms with E-state index in [9.17, 15) is 8.42 Å². The highest BCUT2D eigenvalue weighted by atomic mass is 32.2. The van der Waals surface area contributed by atoms with Crippen molar-refractivity contribution in [3.8, 4) is 6.07 Å². The van der Waals surface area contributed by atoms with Crippen LogP contribution in [0, 0.1) is 11.3 Å². The molecule has 0 saturated carbocycles. The summed E-state index contributed by atoms with van der Waals surface area (Å²) in [5.41, 5.74) is 2.45. The molecule has 0 fully saturated rings. The third kappa shape index (κ3) is 3.87. The van der Waals surface area contributed by atoms with Gasteiger partial charge in [0.25, 0.3) is 10.0 Å². The lowest BCUT2D eigenvalue weighted by molar-refractivity contribution is 0.601. The molecule has 1 atom stereocenters. The monoisotopic (exact) mass is 343 g/mol. The molecule has 0 aromatic heterocycles. The number of benzene rings is 2. The van der Waals surface area contributed by atoms with Gasteiger partial charge >= 0.3 is 0 Å². The molecule has 6 heteroatoms. The van der Waals surface area contributed by atoms with Crippen molar-refractivity contribution in [2.45, 2.75) is 31.1 Å². The van der Waals surface area contributed by atoms with Crippen molar-refractivity contribution >= 4 is 21.4 Å². The van der Waals surface area contributed by atoms with Crippen molar-refractivity contribution in [1.29, 1.82) is 5.26 Å². The van der Waals surface area contributed by atoms with Crippen molar-refractivity contribution in [2.24, 2.45) is 0 Å². The summed E-state index contributed by atoms with van der Waals surface area (Å²) in [6.45, 7) is 4.20. The van der Waals surface area contributed by atoms with Crippen LogP contribution in [0.2, 0.25) is 0 Å². The van der Waals surface area contributed by atoms with Crippen LogP contribution in [0.3, 0.4) is 0 Å². The molecule has 2 rings (SSSR count). The Balaban J connectivity index is 2.33. The Morgan fingerprint density at radius 1 is 1.12 bits per heavy atom. The molecule has 0 unspecified atom stereocenters. The second-order valence-corrected chi connectivity index (χ2v) is 7.29. The van der Waals surface area contributed by atoms with Crippen molar-refractivity contribution in [3.63, 3.8) is 0 Å². The van der Waals surface area contributed by atoms with Crippen molar-refractivity contribution in [2.75, 3.05) is 17.1 Å². The molecule has 0 radical (unpaired) electrons. The van der Waals surface area contributed by atoms with Gasteiger partial charge in [-0.15, -0.1) is 0 Å². The van der Waals surface area contributed by atoms with Crippen LogP contribution in [0.4, 0.5) is 11.4 Å². The number of hydrogen-bond acceptors (Lipinski definition) is 4. The standard InChI is InChI=1S/C18H21N3O2S/c1-4-13(2)15-6-8-16(9-7-15)24(22,23)21-18-11-14(12-19)5-10-17(18)20-3/h5-11,13,20-21H,4H2,1-3H3/t13-/m0/s1. The SMILES string of the molecule is CC[C@H](C)c1ccc(S(=O)(=O)Nc2cc(C#N)ccc2NC)cc1. The Bertz CT molecular complexity index is 853. The summed E-state index contributed by atoms with van der Waals surface area (Å²) >= 11 is 0. The predicted octanol–water partition coefficient (Wildman–Crippen LogP) is 3.91. The molecule has 0 aliphatic carbocycles. The fourth-order valence-corrected chi connectivity index (χ4v) is 3.40. The third-order valence-electron chi connectivity index (χ3n) is 4.03. The maximum Gasteiger partial charge on any atom is 0.261 e. The molecule has 0 amide bonds. The van der Waals surface area contributed by atoms with Gasteiger partial charge in [-0.25, -0.2) is 8.42 Å². The Morgan fingerprint density at radius 2 is 1.79 bits per heavy atom. The average Bonchev–Trinajstić information content (AvgIpc) is 2.60. The number of anilines is 2. The first-order valence-corrected chi connectivity index (χ1v) is 9.24. The zero-order chi connectivity index (χ0) is 17.7. The minimum atomic E-state index is -3.72. The van der Waals surface area contributed by atoms with Crippen LogP contribution in [0.15, 0.2) is 47.4 Å². The topological polar surface area (TPSA) is 82.0 Å². The number of sulfonamides is 1. The van der Waals surface area contributed by atoms with Gasteiger partial charge < -0.3 is 5.32 Å². The van der Waals surface area contributed by atoms with Crippen molar-refractivity contribution in [1.82, 2.24) is 0 Å². The van der Waals surface area contributed by atoms with Gasteiger partial charge in [0.15, 0.2) is 0 Å². The fourth-order valence-electron chi connectivity index (χ4n) is 2.33. The van der Waals surface area contributed by atoms with E-state index in [0.29, 0.717) is 22.9 Å². The molecule has 0 bridgehead atoms. The van der Waals surface area contributed by atoms with Crippen LogP contribution in [0.5, 0.6) is 0 Å². The second kappa shape index (κ2) is 7.37. The molecule has 5 nitrogen and oxygen atoms in total. The van der Waals surface area contributed by atoms with E-state index in [2.05, 4.69) is 23.9 Å². The van der Waals surface area contributed by atoms with E-state index >= 15 is 0 Å². The third-order valence-corrected chi connectivity index (χ3v) is 5.42. The quantitative estimate of drug-likeness (QED) is 0.833. The average molecular weight is 343 g/mol. The molecule has 2 aromatic rings. The summed E-state index contributed by atoms with van der Waals surface area (Å²) in [4.78, 5) is 0.193. The van der Waals surface area contributed by atoms with Gasteiger partial charge in [0.2, 0.25) is 0 Å². The summed E-state index contributed by atoms with van der Waals surface area (Å²) < 4.78 is 27.7. The van der Waals surface area contributed by atoms with Crippen LogP contribution < -0.4 is 10.0 Å². The van der Waals surface area contributed by atoms with Crippen molar-refractivity contribution < 1.29 is 8.42 Å². The highest BCUT2D eigenvalue weighted by Gasteiger charge is 2.17. The van der Waals surface area contributed by atoms with Gasteiger partial charge in [-0.05, 0) is 48.2 Å². The van der Waals surface area contributed by atoms with E-state index in [0.717, 1.165) is 12.0 Å². The zero-order valence-electron chi connectivity index (χ0n) is 14.0. The number of hydrogen-bond donors (Lipinski definition) is 2. The second-order valence-electron chi connectivity index (χ2n) is 5.61. The van der Waals surface area contributed by atoms with Crippen LogP contribution in [-0.4, -0.2) is 15.5 Å². The van der Waals surface area contributed by atoms with Crippen LogP contribution in [-0.2, 0) is 10.0 Å². The number of rotatable bonds is 6. The largest absolute Gasteiger partial charge is 0.386 e. The summed E-state index contributed by atoms with van der Waals surface area (Å²) in [6, 6.07) is 13.7. The summed E-state index contributed by atoms with van der Waals surface area (Å²) in [6.07, 6.45) is 0.997. The van der Waals surface area contributed by atoms with Gasteiger partial charge in [-0.2, -0.15) is 5.26 Å². The summed E-state index contributed by atoms with van der Waals surface area (Å²) in [5.74, 6) is 0.387. The predicted molar refractivity (Wildman–Crippen MR) is 96.7 cm³/mol. The molecule has 24 heavy (non-hydrogen) atoms. The van der Waals surface area contributed by atoms with Gasteiger partial charge in [-0.1, -0.05) is 26.0 Å². The number of nitriles is 1. The molecular formula is C18H21N3O2S. The van der Waals surface area contributed by atoms with E-state index in [-0.39, 0.29) is 4.90 Å². The Kier molecular flexibility index (Phi) is 5.47. The molecule has 126 valence electrons. The number of nitrogens with zero attached hydrogens (tertiary/aromatic N) is 1. The normalized spacial score (nSPS) is 12.2. The summed E-state index contributed by atoms with van der Waals surface area (Å²) in [5, 5.41) is 11.9. The first-order chi connectivity index (χ1) is 11.4. The maximum absolute atomic E-state index is 12.6. The minimum absolute atomic E-state index is 0.193. The molecular weight excluding hydrogens is 322 g/mol. The Labute approximate surface area is 143 Å². The maximum atomic E-state index is 12.6. The minimum Gasteiger partial charge on any atom is -0.386 e. The molecule has 0 spiro atoms. The highest BCUT2D eigenvalue weighted by molar-refractivity contribution is 7.92. The van der Waals surface area contributed by atoms with E-state index in [4.69, 9.17) is 5.26 Å². The van der Waals surface area contributed by atoms with Crippen molar-refractivity contribution in [3.05, 3.63) is 53.6 Å². The first-order valence-electron chi connectivity index (χ1n) is 7.76. The highest BCUT2D eigenvalue weighted by Crippen LogP contribution is 2.26. The molecule has 2 N–H and O–H groups in total. The lowest BCUT2D eigenvalue weighted by Gasteiger charge is -2.14. The lowest BCUT2D eigenvalue weighted by atomic mass is 9.99. The van der Waals surface area contributed by atoms with E-state index in [1.54, 1.807) is 31.3 Å². The van der Waals surface area contributed by atoms with Crippen LogP contribution >= 0.6 is 0 Å². The molecule has 0 aliphatic rings. The fraction of sp³-hybridized carbons (Fsp3) is 0.278. The van der Waals surface area contributed by atoms with Gasteiger partial charge in [-0.3, -0.25) is 4.72 Å². The zero-order valence-corrected chi connectivity index (χ0v) is 14.8. The Morgan fingerprint density at radius 3 is 2.33 bits per heavy atom. The lowest BCUT2D eigenvalue weighted by Crippen LogP contribution is -2.14. The summed E-state index contributed by atoms with van der Waals surface area (Å²) in [7, 11) is -2.02. The first kappa shape index (κ1) is 17.8. The molecule has 0 aliphatic heterocycles. The Hall–Kier alpha value is -2.52. The van der Waals surface area contributed by atoms with E-state index < -0.39 is 10.0 Å². The molecule has 0 saturated heterocycles. The molecule has 2 aromatic carbocycles. The van der Waals surface area contributed by atoms with Crippen LogP contribution in [0.25, 0.3) is 0 Å². The van der Waals surface area contributed by atoms with Gasteiger partial charge in [0.1, 0.15) is 0 Å².